The van der Waals surface area contributed by atoms with E-state index in [4.69, 9.17) is 5.73 Å². The quantitative estimate of drug-likeness (QED) is 0.687. The molecule has 0 spiro atoms. The average molecular weight is 217 g/mol. The molecule has 0 radical (unpaired) electrons. The fraction of sp³-hybridized carbons (Fsp3) is 0.417. The SMILES string of the molecule is C[n+]1cccc2c1cc(N)n2C1CCNC1. The zero-order valence-electron chi connectivity index (χ0n) is 9.48. The van der Waals surface area contributed by atoms with E-state index in [1.807, 2.05) is 0 Å². The van der Waals surface area contributed by atoms with Crippen LogP contribution < -0.4 is 15.6 Å². The first kappa shape index (κ1) is 9.66. The maximum Gasteiger partial charge on any atom is 0.232 e. The highest BCUT2D eigenvalue weighted by Gasteiger charge is 2.22. The Hall–Kier alpha value is -1.55. The van der Waals surface area contributed by atoms with Crippen molar-refractivity contribution in [2.24, 2.45) is 7.05 Å². The number of nitrogens with zero attached hydrogens (tertiary/aromatic N) is 2. The van der Waals surface area contributed by atoms with Gasteiger partial charge < -0.3 is 15.6 Å². The van der Waals surface area contributed by atoms with E-state index in [-0.39, 0.29) is 0 Å². The van der Waals surface area contributed by atoms with Gasteiger partial charge in [0.25, 0.3) is 0 Å². The Labute approximate surface area is 94.7 Å². The molecule has 0 aliphatic carbocycles. The molecule has 0 amide bonds. The van der Waals surface area contributed by atoms with Gasteiger partial charge in [-0.2, -0.15) is 4.57 Å². The number of nitrogen functional groups attached to an aromatic ring is 1. The van der Waals surface area contributed by atoms with Crippen molar-refractivity contribution in [1.29, 1.82) is 0 Å². The molecule has 16 heavy (non-hydrogen) atoms. The maximum absolute atomic E-state index is 6.12. The molecule has 1 atom stereocenters. The smallest absolute Gasteiger partial charge is 0.232 e. The molecular formula is C12H17N4+. The molecule has 1 saturated heterocycles. The second-order valence-electron chi connectivity index (χ2n) is 4.48. The minimum Gasteiger partial charge on any atom is -0.385 e. The van der Waals surface area contributed by atoms with Gasteiger partial charge in [-0.05, 0) is 19.0 Å². The Morgan fingerprint density at radius 1 is 1.56 bits per heavy atom. The fourth-order valence-corrected chi connectivity index (χ4v) is 2.61. The van der Waals surface area contributed by atoms with Gasteiger partial charge in [-0.15, -0.1) is 0 Å². The first-order chi connectivity index (χ1) is 7.77. The Morgan fingerprint density at radius 3 is 3.19 bits per heavy atom. The molecule has 2 aromatic heterocycles. The standard InChI is InChI=1S/C12H16N4/c1-15-6-2-3-10-11(15)7-12(13)16(10)9-4-5-14-8-9/h2-3,6-7,9,13-14H,4-5,8H2,1H3/p+1. The van der Waals surface area contributed by atoms with Gasteiger partial charge in [0.15, 0.2) is 6.20 Å². The van der Waals surface area contributed by atoms with E-state index >= 15 is 0 Å². The molecule has 0 aromatic carbocycles. The first-order valence-electron chi connectivity index (χ1n) is 5.73. The minimum atomic E-state index is 0.500. The van der Waals surface area contributed by atoms with Crippen LogP contribution in [0.15, 0.2) is 24.4 Å². The van der Waals surface area contributed by atoms with Gasteiger partial charge in [0.1, 0.15) is 18.4 Å². The number of hydrogen-bond acceptors (Lipinski definition) is 2. The van der Waals surface area contributed by atoms with Crippen molar-refractivity contribution >= 4 is 16.9 Å². The highest BCUT2D eigenvalue weighted by molar-refractivity contribution is 5.78. The third kappa shape index (κ3) is 1.30. The number of nitrogens with one attached hydrogen (secondary N) is 1. The van der Waals surface area contributed by atoms with Crippen molar-refractivity contribution in [3.05, 3.63) is 24.4 Å². The third-order valence-electron chi connectivity index (χ3n) is 3.43. The highest BCUT2D eigenvalue weighted by Crippen LogP contribution is 2.26. The summed E-state index contributed by atoms with van der Waals surface area (Å²) < 4.78 is 4.37. The Balaban J connectivity index is 2.22. The molecule has 3 N–H and O–H groups in total. The van der Waals surface area contributed by atoms with Crippen molar-refractivity contribution in [3.63, 3.8) is 0 Å². The van der Waals surface area contributed by atoms with Crippen molar-refractivity contribution in [1.82, 2.24) is 9.88 Å². The number of fused-ring (bicyclic) bond motifs is 1. The first-order valence-corrected chi connectivity index (χ1v) is 5.73. The summed E-state index contributed by atoms with van der Waals surface area (Å²) in [7, 11) is 2.05. The molecular weight excluding hydrogens is 200 g/mol. The van der Waals surface area contributed by atoms with Crippen LogP contribution in [0.4, 0.5) is 5.82 Å². The number of rotatable bonds is 1. The summed E-state index contributed by atoms with van der Waals surface area (Å²) in [5.74, 6) is 0.866. The minimum absolute atomic E-state index is 0.500. The number of anilines is 1. The number of aryl methyl sites for hydroxylation is 1. The molecule has 3 heterocycles. The van der Waals surface area contributed by atoms with Gasteiger partial charge in [-0.25, -0.2) is 0 Å². The lowest BCUT2D eigenvalue weighted by molar-refractivity contribution is -0.644. The van der Waals surface area contributed by atoms with Gasteiger partial charge in [-0.1, -0.05) is 0 Å². The second-order valence-corrected chi connectivity index (χ2v) is 4.48. The molecule has 0 saturated carbocycles. The predicted octanol–water partition coefficient (Wildman–Crippen LogP) is 0.582. The third-order valence-corrected chi connectivity index (χ3v) is 3.43. The van der Waals surface area contributed by atoms with Crippen LogP contribution in [0.1, 0.15) is 12.5 Å². The van der Waals surface area contributed by atoms with Crippen LogP contribution in [-0.4, -0.2) is 17.7 Å². The van der Waals surface area contributed by atoms with Crippen molar-refractivity contribution in [2.75, 3.05) is 18.8 Å². The number of pyridine rings is 1. The zero-order chi connectivity index (χ0) is 11.1. The molecule has 4 heteroatoms. The summed E-state index contributed by atoms with van der Waals surface area (Å²) in [6.07, 6.45) is 3.21. The molecule has 84 valence electrons. The Morgan fingerprint density at radius 2 is 2.44 bits per heavy atom. The second kappa shape index (κ2) is 3.49. The predicted molar refractivity (Wildman–Crippen MR) is 64.1 cm³/mol. The van der Waals surface area contributed by atoms with E-state index in [0.717, 1.165) is 25.3 Å². The van der Waals surface area contributed by atoms with Crippen molar-refractivity contribution < 1.29 is 4.57 Å². The summed E-state index contributed by atoms with van der Waals surface area (Å²) in [6.45, 7) is 2.11. The monoisotopic (exact) mass is 217 g/mol. The molecule has 1 unspecified atom stereocenters. The van der Waals surface area contributed by atoms with Crippen molar-refractivity contribution in [3.8, 4) is 0 Å². The summed E-state index contributed by atoms with van der Waals surface area (Å²) in [5, 5.41) is 3.38. The Kier molecular flexibility index (Phi) is 2.11. The largest absolute Gasteiger partial charge is 0.385 e. The molecule has 0 bridgehead atoms. The summed E-state index contributed by atoms with van der Waals surface area (Å²) in [6, 6.07) is 6.78. The molecule has 2 aromatic rings. The van der Waals surface area contributed by atoms with Gasteiger partial charge in [-0.3, -0.25) is 0 Å². The number of aromatic nitrogens is 2. The summed E-state index contributed by atoms with van der Waals surface area (Å²) >= 11 is 0. The number of hydrogen-bond donors (Lipinski definition) is 2. The van der Waals surface area contributed by atoms with Crippen LogP contribution in [0.5, 0.6) is 0 Å². The van der Waals surface area contributed by atoms with E-state index in [9.17, 15) is 0 Å². The highest BCUT2D eigenvalue weighted by atomic mass is 15.1. The van der Waals surface area contributed by atoms with E-state index in [0.29, 0.717) is 6.04 Å². The van der Waals surface area contributed by atoms with E-state index in [1.54, 1.807) is 0 Å². The molecule has 1 fully saturated rings. The Bertz CT molecular complexity index is 523. The van der Waals surface area contributed by atoms with Crippen LogP contribution in [0.3, 0.4) is 0 Å². The average Bonchev–Trinajstić information content (AvgIpc) is 2.85. The summed E-state index contributed by atoms with van der Waals surface area (Å²) in [4.78, 5) is 0. The molecule has 1 aliphatic heterocycles. The van der Waals surface area contributed by atoms with Gasteiger partial charge in [0, 0.05) is 18.7 Å². The van der Waals surface area contributed by atoms with E-state index in [1.165, 1.54) is 11.0 Å². The lowest BCUT2D eigenvalue weighted by Crippen LogP contribution is -2.27. The molecule has 1 aliphatic rings. The van der Waals surface area contributed by atoms with Gasteiger partial charge >= 0.3 is 0 Å². The van der Waals surface area contributed by atoms with Gasteiger partial charge in [0.2, 0.25) is 5.52 Å². The van der Waals surface area contributed by atoms with E-state index in [2.05, 4.69) is 45.9 Å². The van der Waals surface area contributed by atoms with Crippen LogP contribution in [-0.2, 0) is 7.05 Å². The summed E-state index contributed by atoms with van der Waals surface area (Å²) in [5.41, 5.74) is 8.56. The van der Waals surface area contributed by atoms with Crippen LogP contribution in [0.2, 0.25) is 0 Å². The van der Waals surface area contributed by atoms with Gasteiger partial charge in [0.05, 0.1) is 6.07 Å². The topological polar surface area (TPSA) is 46.9 Å². The molecule has 3 rings (SSSR count). The lowest BCUT2D eigenvalue weighted by Gasteiger charge is -2.13. The molecule has 4 nitrogen and oxygen atoms in total. The van der Waals surface area contributed by atoms with Crippen LogP contribution >= 0.6 is 0 Å². The normalized spacial score (nSPS) is 20.7. The fourth-order valence-electron chi connectivity index (χ4n) is 2.61. The van der Waals surface area contributed by atoms with Crippen LogP contribution in [0.25, 0.3) is 11.0 Å². The number of nitrogens with two attached hydrogens (primary N) is 1. The lowest BCUT2D eigenvalue weighted by atomic mass is 10.2. The van der Waals surface area contributed by atoms with E-state index < -0.39 is 0 Å². The maximum atomic E-state index is 6.12. The van der Waals surface area contributed by atoms with Crippen LogP contribution in [0, 0.1) is 0 Å². The van der Waals surface area contributed by atoms with Crippen molar-refractivity contribution in [2.45, 2.75) is 12.5 Å². The zero-order valence-corrected chi connectivity index (χ0v) is 9.48.